The maximum Gasteiger partial charge on any atom is 0.419 e. The van der Waals surface area contributed by atoms with Crippen LogP contribution >= 0.6 is 0 Å². The molecule has 4 aromatic rings. The number of fused-ring (bicyclic) bond motifs is 1. The van der Waals surface area contributed by atoms with Gasteiger partial charge in [-0.05, 0) is 36.8 Å². The van der Waals surface area contributed by atoms with E-state index in [0.29, 0.717) is 3.97 Å². The number of nitrogens with zero attached hydrogens (tertiary/aromatic N) is 2. The van der Waals surface area contributed by atoms with Gasteiger partial charge in [0.2, 0.25) is 0 Å². The van der Waals surface area contributed by atoms with Crippen molar-refractivity contribution in [3.63, 3.8) is 0 Å². The summed E-state index contributed by atoms with van der Waals surface area (Å²) in [5, 5.41) is -0.269. The highest BCUT2D eigenvalue weighted by Gasteiger charge is 2.41. The molecule has 4 nitrogen and oxygen atoms in total. The molecule has 0 atom stereocenters. The average Bonchev–Trinajstić information content (AvgIpc) is 3.05. The van der Waals surface area contributed by atoms with Crippen molar-refractivity contribution in [2.75, 3.05) is 0 Å². The molecule has 0 saturated carbocycles. The third-order valence-electron chi connectivity index (χ3n) is 4.58. The van der Waals surface area contributed by atoms with Crippen molar-refractivity contribution in [3.05, 3.63) is 84.1 Å². The standard InChI is InChI=1S/C21H15F3N2O2S/c1-14-9-11-16(12-10-14)29(27,28)26-19(15-6-3-2-4-7-15)18(21(22,23)24)17-8-5-13-25-20(17)26/h2-13H,1H3. The molecule has 29 heavy (non-hydrogen) atoms. The average molecular weight is 416 g/mol. The summed E-state index contributed by atoms with van der Waals surface area (Å²) in [6.45, 7) is 1.79. The van der Waals surface area contributed by atoms with Crippen LogP contribution in [0.2, 0.25) is 0 Å². The van der Waals surface area contributed by atoms with E-state index < -0.39 is 27.5 Å². The summed E-state index contributed by atoms with van der Waals surface area (Å²) < 4.78 is 69.9. The lowest BCUT2D eigenvalue weighted by atomic mass is 10.1. The number of hydrogen-bond acceptors (Lipinski definition) is 3. The molecular formula is C21H15F3N2O2S. The van der Waals surface area contributed by atoms with Crippen LogP contribution in [-0.4, -0.2) is 17.4 Å². The normalized spacial score (nSPS) is 12.4. The van der Waals surface area contributed by atoms with Crippen molar-refractivity contribution in [1.82, 2.24) is 8.96 Å². The molecule has 0 unspecified atom stereocenters. The summed E-state index contributed by atoms with van der Waals surface area (Å²) in [4.78, 5) is 3.88. The van der Waals surface area contributed by atoms with Crippen LogP contribution in [0.1, 0.15) is 11.1 Å². The quantitative estimate of drug-likeness (QED) is 0.457. The van der Waals surface area contributed by atoms with E-state index >= 15 is 0 Å². The van der Waals surface area contributed by atoms with Gasteiger partial charge in [0, 0.05) is 11.6 Å². The molecule has 2 aromatic heterocycles. The van der Waals surface area contributed by atoms with Gasteiger partial charge < -0.3 is 0 Å². The molecule has 0 N–H and O–H groups in total. The Bertz CT molecular complexity index is 1290. The van der Waals surface area contributed by atoms with Crippen LogP contribution in [0.4, 0.5) is 13.2 Å². The summed E-state index contributed by atoms with van der Waals surface area (Å²) in [5.41, 5.74) is -0.777. The van der Waals surface area contributed by atoms with E-state index in [1.807, 2.05) is 0 Å². The van der Waals surface area contributed by atoms with Gasteiger partial charge in [-0.1, -0.05) is 48.0 Å². The van der Waals surface area contributed by atoms with Gasteiger partial charge in [-0.3, -0.25) is 0 Å². The summed E-state index contributed by atoms with van der Waals surface area (Å²) in [6.07, 6.45) is -3.50. The van der Waals surface area contributed by atoms with E-state index in [4.69, 9.17) is 0 Å². The zero-order chi connectivity index (χ0) is 20.8. The fraction of sp³-hybridized carbons (Fsp3) is 0.0952. The second kappa shape index (κ2) is 6.73. The molecule has 0 bridgehead atoms. The van der Waals surface area contributed by atoms with Crippen molar-refractivity contribution in [2.45, 2.75) is 18.0 Å². The lowest BCUT2D eigenvalue weighted by molar-refractivity contribution is -0.135. The first-order chi connectivity index (χ1) is 13.7. The Labute approximate surface area is 165 Å². The van der Waals surface area contributed by atoms with Gasteiger partial charge in [-0.2, -0.15) is 13.2 Å². The Hall–Kier alpha value is -3.13. The van der Waals surface area contributed by atoms with Crippen molar-refractivity contribution in [2.24, 2.45) is 0 Å². The van der Waals surface area contributed by atoms with Crippen LogP contribution in [0.25, 0.3) is 22.3 Å². The summed E-state index contributed by atoms with van der Waals surface area (Å²) >= 11 is 0. The summed E-state index contributed by atoms with van der Waals surface area (Å²) in [5.74, 6) is 0. The van der Waals surface area contributed by atoms with E-state index in [9.17, 15) is 21.6 Å². The van der Waals surface area contributed by atoms with Crippen LogP contribution in [-0.2, 0) is 16.2 Å². The minimum atomic E-state index is -4.78. The van der Waals surface area contributed by atoms with E-state index in [1.54, 1.807) is 37.3 Å². The van der Waals surface area contributed by atoms with Gasteiger partial charge in [0.05, 0.1) is 16.2 Å². The molecule has 2 aromatic carbocycles. The van der Waals surface area contributed by atoms with Crippen molar-refractivity contribution in [1.29, 1.82) is 0 Å². The zero-order valence-electron chi connectivity index (χ0n) is 15.2. The molecule has 0 aliphatic heterocycles. The number of alkyl halides is 3. The Morgan fingerprint density at radius 2 is 1.55 bits per heavy atom. The van der Waals surface area contributed by atoms with Crippen LogP contribution in [0.5, 0.6) is 0 Å². The number of rotatable bonds is 3. The molecule has 0 radical (unpaired) electrons. The highest BCUT2D eigenvalue weighted by molar-refractivity contribution is 7.90. The Kier molecular flexibility index (Phi) is 4.46. The number of pyridine rings is 1. The predicted octanol–water partition coefficient (Wildman–Crippen LogP) is 5.27. The van der Waals surface area contributed by atoms with Crippen LogP contribution in [0.15, 0.2) is 77.8 Å². The molecule has 2 heterocycles. The highest BCUT2D eigenvalue weighted by Crippen LogP contribution is 2.44. The van der Waals surface area contributed by atoms with E-state index in [-0.39, 0.29) is 21.5 Å². The first-order valence-electron chi connectivity index (χ1n) is 8.65. The maximum absolute atomic E-state index is 14.1. The van der Waals surface area contributed by atoms with E-state index in [1.165, 1.54) is 42.6 Å². The molecule has 0 aliphatic carbocycles. The minimum Gasteiger partial charge on any atom is -0.237 e. The smallest absolute Gasteiger partial charge is 0.237 e. The Morgan fingerprint density at radius 1 is 0.897 bits per heavy atom. The lowest BCUT2D eigenvalue weighted by Gasteiger charge is -2.14. The fourth-order valence-electron chi connectivity index (χ4n) is 3.28. The van der Waals surface area contributed by atoms with Gasteiger partial charge in [-0.15, -0.1) is 0 Å². The van der Waals surface area contributed by atoms with E-state index in [2.05, 4.69) is 4.98 Å². The van der Waals surface area contributed by atoms with Gasteiger partial charge >= 0.3 is 6.18 Å². The number of halogens is 3. The van der Waals surface area contributed by atoms with Gasteiger partial charge in [0.25, 0.3) is 10.0 Å². The minimum absolute atomic E-state index is 0.114. The maximum atomic E-state index is 14.1. The predicted molar refractivity (Wildman–Crippen MR) is 104 cm³/mol. The molecular weight excluding hydrogens is 401 g/mol. The summed E-state index contributed by atoms with van der Waals surface area (Å²) in [6, 6.07) is 16.2. The van der Waals surface area contributed by atoms with Gasteiger partial charge in [0.1, 0.15) is 0 Å². The van der Waals surface area contributed by atoms with Gasteiger partial charge in [-0.25, -0.2) is 17.4 Å². The second-order valence-corrected chi connectivity index (χ2v) is 8.33. The molecule has 0 saturated heterocycles. The first kappa shape index (κ1) is 19.2. The Balaban J connectivity index is 2.18. The highest BCUT2D eigenvalue weighted by atomic mass is 32.2. The van der Waals surface area contributed by atoms with Crippen molar-refractivity contribution >= 4 is 21.1 Å². The number of benzene rings is 2. The monoisotopic (exact) mass is 416 g/mol. The third-order valence-corrected chi connectivity index (χ3v) is 6.28. The van der Waals surface area contributed by atoms with E-state index in [0.717, 1.165) is 5.56 Å². The third kappa shape index (κ3) is 3.19. The second-order valence-electron chi connectivity index (χ2n) is 6.54. The molecule has 0 fully saturated rings. The molecule has 0 aliphatic rings. The largest absolute Gasteiger partial charge is 0.419 e. The summed E-state index contributed by atoms with van der Waals surface area (Å²) in [7, 11) is -4.35. The van der Waals surface area contributed by atoms with Crippen molar-refractivity contribution in [3.8, 4) is 11.3 Å². The fourth-order valence-corrected chi connectivity index (χ4v) is 4.78. The van der Waals surface area contributed by atoms with Crippen LogP contribution < -0.4 is 0 Å². The molecule has 8 heteroatoms. The number of hydrogen-bond donors (Lipinski definition) is 0. The molecule has 148 valence electrons. The lowest BCUT2D eigenvalue weighted by Crippen LogP contribution is -2.16. The van der Waals surface area contributed by atoms with Crippen LogP contribution in [0.3, 0.4) is 0 Å². The van der Waals surface area contributed by atoms with Crippen LogP contribution in [0, 0.1) is 6.92 Å². The molecule has 0 amide bonds. The SMILES string of the molecule is Cc1ccc(S(=O)(=O)n2c(-c3ccccc3)c(C(F)(F)F)c3cccnc32)cc1. The number of aromatic nitrogens is 2. The Morgan fingerprint density at radius 3 is 2.17 bits per heavy atom. The topological polar surface area (TPSA) is 52.0 Å². The molecule has 4 rings (SSSR count). The molecule has 0 spiro atoms. The van der Waals surface area contributed by atoms with Gasteiger partial charge in [0.15, 0.2) is 5.65 Å². The first-order valence-corrected chi connectivity index (χ1v) is 10.1. The van der Waals surface area contributed by atoms with Crippen molar-refractivity contribution < 1.29 is 21.6 Å². The number of aryl methyl sites for hydroxylation is 1. The zero-order valence-corrected chi connectivity index (χ0v) is 16.0.